The lowest BCUT2D eigenvalue weighted by molar-refractivity contribution is 0.101. The van der Waals surface area contributed by atoms with Gasteiger partial charge in [-0.25, -0.2) is 4.98 Å². The Morgan fingerprint density at radius 2 is 1.83 bits per heavy atom. The Hall–Kier alpha value is -2.66. The van der Waals surface area contributed by atoms with Crippen LogP contribution in [0.15, 0.2) is 53.9 Å². The van der Waals surface area contributed by atoms with Crippen LogP contribution in [0.4, 0.5) is 10.8 Å². The highest BCUT2D eigenvalue weighted by Gasteiger charge is 2.06. The first-order valence-corrected chi connectivity index (χ1v) is 8.60. The molecule has 5 heteroatoms. The predicted molar refractivity (Wildman–Crippen MR) is 98.4 cm³/mol. The van der Waals surface area contributed by atoms with Gasteiger partial charge in [0.25, 0.3) is 0 Å². The Morgan fingerprint density at radius 3 is 2.46 bits per heavy atom. The number of rotatable bonds is 6. The number of carbonyl (C=O) groups excluding carboxylic acids is 1. The Labute approximate surface area is 145 Å². The Morgan fingerprint density at radius 1 is 1.12 bits per heavy atom. The van der Waals surface area contributed by atoms with Gasteiger partial charge in [0.1, 0.15) is 5.75 Å². The maximum atomic E-state index is 11.3. The largest absolute Gasteiger partial charge is 0.494 e. The van der Waals surface area contributed by atoms with E-state index in [0.717, 1.165) is 27.8 Å². The Bertz CT molecular complexity index is 823. The van der Waals surface area contributed by atoms with Gasteiger partial charge in [0.15, 0.2) is 10.9 Å². The summed E-state index contributed by atoms with van der Waals surface area (Å²) in [5, 5.41) is 6.09. The first kappa shape index (κ1) is 16.2. The van der Waals surface area contributed by atoms with Crippen LogP contribution in [0.2, 0.25) is 0 Å². The average Bonchev–Trinajstić information content (AvgIpc) is 3.05. The lowest BCUT2D eigenvalue weighted by Crippen LogP contribution is -1.93. The second-order valence-corrected chi connectivity index (χ2v) is 6.11. The molecule has 0 unspecified atom stereocenters. The van der Waals surface area contributed by atoms with E-state index in [1.165, 1.54) is 0 Å². The van der Waals surface area contributed by atoms with E-state index in [1.807, 2.05) is 60.8 Å². The lowest BCUT2D eigenvalue weighted by Gasteiger charge is -2.04. The number of thiazole rings is 1. The molecule has 122 valence electrons. The highest BCUT2D eigenvalue weighted by atomic mass is 32.1. The Balaban J connectivity index is 1.72. The first-order chi connectivity index (χ1) is 11.7. The number of nitrogens with one attached hydrogen (secondary N) is 1. The van der Waals surface area contributed by atoms with Crippen molar-refractivity contribution >= 4 is 27.9 Å². The van der Waals surface area contributed by atoms with Crippen molar-refractivity contribution in [3.05, 3.63) is 59.5 Å². The quantitative estimate of drug-likeness (QED) is 0.631. The smallest absolute Gasteiger partial charge is 0.187 e. The third-order valence-corrected chi connectivity index (χ3v) is 4.27. The predicted octanol–water partition coefficient (Wildman–Crippen LogP) is 5.16. The summed E-state index contributed by atoms with van der Waals surface area (Å²) in [7, 11) is 0. The molecule has 1 heterocycles. The third-order valence-electron chi connectivity index (χ3n) is 3.51. The van der Waals surface area contributed by atoms with Crippen LogP contribution in [0, 0.1) is 0 Å². The van der Waals surface area contributed by atoms with E-state index < -0.39 is 0 Å². The molecule has 0 aliphatic heterocycles. The summed E-state index contributed by atoms with van der Waals surface area (Å²) >= 11 is 1.54. The van der Waals surface area contributed by atoms with Gasteiger partial charge >= 0.3 is 0 Å². The van der Waals surface area contributed by atoms with E-state index in [2.05, 4.69) is 10.3 Å². The number of ketones is 1. The monoisotopic (exact) mass is 338 g/mol. The molecule has 4 nitrogen and oxygen atoms in total. The summed E-state index contributed by atoms with van der Waals surface area (Å²) in [5.41, 5.74) is 3.59. The van der Waals surface area contributed by atoms with E-state index in [0.29, 0.717) is 12.2 Å². The van der Waals surface area contributed by atoms with Crippen LogP contribution in [0.3, 0.4) is 0 Å². The first-order valence-electron chi connectivity index (χ1n) is 7.72. The number of Topliss-reactive ketones (excluding diaryl/α,β-unsaturated/α-hetero) is 1. The second kappa shape index (κ2) is 7.27. The van der Waals surface area contributed by atoms with E-state index in [-0.39, 0.29) is 5.78 Å². The molecule has 1 N–H and O–H groups in total. The number of carbonyl (C=O) groups is 1. The van der Waals surface area contributed by atoms with Crippen LogP contribution < -0.4 is 10.1 Å². The SMILES string of the molecule is CCOc1ccc(-c2csc(Nc3ccc(C(C)=O)cc3)n2)cc1. The number of anilines is 2. The molecule has 3 rings (SSSR count). The number of nitrogens with zero attached hydrogens (tertiary/aromatic N) is 1. The molecule has 0 aliphatic carbocycles. The zero-order valence-corrected chi connectivity index (χ0v) is 14.4. The van der Waals surface area contributed by atoms with E-state index in [1.54, 1.807) is 18.3 Å². The fraction of sp³-hybridized carbons (Fsp3) is 0.158. The summed E-state index contributed by atoms with van der Waals surface area (Å²) in [4.78, 5) is 15.9. The van der Waals surface area contributed by atoms with Crippen molar-refractivity contribution in [2.75, 3.05) is 11.9 Å². The number of aromatic nitrogens is 1. The summed E-state index contributed by atoms with van der Waals surface area (Å²) in [6.45, 7) is 4.19. The second-order valence-electron chi connectivity index (χ2n) is 5.25. The summed E-state index contributed by atoms with van der Waals surface area (Å²) in [6.07, 6.45) is 0. The molecule has 24 heavy (non-hydrogen) atoms. The van der Waals surface area contributed by atoms with E-state index in [9.17, 15) is 4.79 Å². The van der Waals surface area contributed by atoms with Gasteiger partial charge < -0.3 is 10.1 Å². The summed E-state index contributed by atoms with van der Waals surface area (Å²) in [5.74, 6) is 0.925. The molecule has 0 radical (unpaired) electrons. The minimum absolute atomic E-state index is 0.0635. The maximum Gasteiger partial charge on any atom is 0.187 e. The number of benzene rings is 2. The molecule has 0 saturated heterocycles. The number of hydrogen-bond donors (Lipinski definition) is 1. The lowest BCUT2D eigenvalue weighted by atomic mass is 10.1. The molecular formula is C19H18N2O2S. The van der Waals surface area contributed by atoms with E-state index >= 15 is 0 Å². The highest BCUT2D eigenvalue weighted by Crippen LogP contribution is 2.28. The zero-order chi connectivity index (χ0) is 16.9. The van der Waals surface area contributed by atoms with Crippen molar-refractivity contribution in [1.29, 1.82) is 0 Å². The molecule has 0 atom stereocenters. The molecule has 0 fully saturated rings. The van der Waals surface area contributed by atoms with Gasteiger partial charge in [-0.15, -0.1) is 11.3 Å². The van der Waals surface area contributed by atoms with Crippen LogP contribution in [0.5, 0.6) is 5.75 Å². The van der Waals surface area contributed by atoms with Crippen LogP contribution in [0.1, 0.15) is 24.2 Å². The Kier molecular flexibility index (Phi) is 4.91. The van der Waals surface area contributed by atoms with Crippen molar-refractivity contribution in [1.82, 2.24) is 4.98 Å². The van der Waals surface area contributed by atoms with Crippen molar-refractivity contribution < 1.29 is 9.53 Å². The minimum atomic E-state index is 0.0635. The van der Waals surface area contributed by atoms with Crippen molar-refractivity contribution in [3.63, 3.8) is 0 Å². The molecule has 2 aromatic carbocycles. The third kappa shape index (κ3) is 3.81. The van der Waals surface area contributed by atoms with Crippen LogP contribution >= 0.6 is 11.3 Å². The van der Waals surface area contributed by atoms with Gasteiger partial charge in [-0.2, -0.15) is 0 Å². The van der Waals surface area contributed by atoms with E-state index in [4.69, 9.17) is 4.74 Å². The molecule has 0 spiro atoms. The topological polar surface area (TPSA) is 51.2 Å². The molecule has 1 aromatic heterocycles. The molecule has 0 aliphatic rings. The molecule has 0 amide bonds. The van der Waals surface area contributed by atoms with Gasteiger partial charge in [0.05, 0.1) is 12.3 Å². The van der Waals surface area contributed by atoms with Crippen LogP contribution in [0.25, 0.3) is 11.3 Å². The van der Waals surface area contributed by atoms with Gasteiger partial charge in [0.2, 0.25) is 0 Å². The fourth-order valence-electron chi connectivity index (χ4n) is 2.26. The van der Waals surface area contributed by atoms with Gasteiger partial charge in [-0.3, -0.25) is 4.79 Å². The van der Waals surface area contributed by atoms with Crippen LogP contribution in [-0.2, 0) is 0 Å². The normalized spacial score (nSPS) is 10.4. The number of hydrogen-bond acceptors (Lipinski definition) is 5. The van der Waals surface area contributed by atoms with Gasteiger partial charge in [-0.05, 0) is 62.4 Å². The minimum Gasteiger partial charge on any atom is -0.494 e. The van der Waals surface area contributed by atoms with Crippen molar-refractivity contribution in [3.8, 4) is 17.0 Å². The number of ether oxygens (including phenoxy) is 1. The van der Waals surface area contributed by atoms with Gasteiger partial charge in [-0.1, -0.05) is 0 Å². The molecular weight excluding hydrogens is 320 g/mol. The molecule has 3 aromatic rings. The summed E-state index contributed by atoms with van der Waals surface area (Å²) < 4.78 is 5.45. The van der Waals surface area contributed by atoms with Gasteiger partial charge in [0, 0.05) is 22.2 Å². The fourth-order valence-corrected chi connectivity index (χ4v) is 3.00. The van der Waals surface area contributed by atoms with Crippen molar-refractivity contribution in [2.24, 2.45) is 0 Å². The summed E-state index contributed by atoms with van der Waals surface area (Å²) in [6, 6.07) is 15.3. The van der Waals surface area contributed by atoms with Crippen LogP contribution in [-0.4, -0.2) is 17.4 Å². The average molecular weight is 338 g/mol. The van der Waals surface area contributed by atoms with Crippen molar-refractivity contribution in [2.45, 2.75) is 13.8 Å². The molecule has 0 saturated carbocycles. The highest BCUT2D eigenvalue weighted by molar-refractivity contribution is 7.14. The zero-order valence-electron chi connectivity index (χ0n) is 13.6. The molecule has 0 bridgehead atoms. The maximum absolute atomic E-state index is 11.3. The standard InChI is InChI=1S/C19H18N2O2S/c1-3-23-17-10-6-15(7-11-17)18-12-24-19(21-18)20-16-8-4-14(5-9-16)13(2)22/h4-12H,3H2,1-2H3,(H,20,21).